The lowest BCUT2D eigenvalue weighted by Crippen LogP contribution is -2.02. The van der Waals surface area contributed by atoms with Gasteiger partial charge in [0.15, 0.2) is 0 Å². The van der Waals surface area contributed by atoms with E-state index in [4.69, 9.17) is 4.74 Å². The Morgan fingerprint density at radius 2 is 1.72 bits per heavy atom. The van der Waals surface area contributed by atoms with Crippen LogP contribution in [0.3, 0.4) is 0 Å². The maximum Gasteiger partial charge on any atom is 0.301 e. The van der Waals surface area contributed by atoms with E-state index >= 15 is 0 Å². The van der Waals surface area contributed by atoms with Crippen LogP contribution < -0.4 is 10.1 Å². The Balaban J connectivity index is 2.21. The molecule has 0 aliphatic heterocycles. The molecule has 3 rings (SSSR count). The van der Waals surface area contributed by atoms with E-state index in [2.05, 4.69) is 10.3 Å². The first-order valence-electron chi connectivity index (χ1n) is 7.13. The van der Waals surface area contributed by atoms with E-state index in [0.717, 1.165) is 6.07 Å². The summed E-state index contributed by atoms with van der Waals surface area (Å²) in [5, 5.41) is 25.8. The number of methoxy groups -OCH3 is 1. The van der Waals surface area contributed by atoms with Gasteiger partial charge in [-0.25, -0.2) is 0 Å². The first kappa shape index (κ1) is 16.1. The number of non-ortho nitro benzene ring substituents is 1. The van der Waals surface area contributed by atoms with Crippen molar-refractivity contribution >= 4 is 33.7 Å². The molecule has 0 fully saturated rings. The zero-order valence-electron chi connectivity index (χ0n) is 13.0. The summed E-state index contributed by atoms with van der Waals surface area (Å²) in [6.07, 6.45) is 1.43. The van der Waals surface area contributed by atoms with Gasteiger partial charge in [-0.1, -0.05) is 0 Å². The minimum atomic E-state index is -0.674. The third kappa shape index (κ3) is 3.02. The van der Waals surface area contributed by atoms with Crippen LogP contribution in [0.2, 0.25) is 0 Å². The molecule has 2 aromatic carbocycles. The number of nitrogens with one attached hydrogen (secondary N) is 1. The van der Waals surface area contributed by atoms with Crippen LogP contribution in [0.1, 0.15) is 0 Å². The molecule has 0 bridgehead atoms. The lowest BCUT2D eigenvalue weighted by atomic mass is 10.1. The number of fused-ring (bicyclic) bond motifs is 1. The zero-order valence-corrected chi connectivity index (χ0v) is 13.0. The standard InChI is InChI=1S/C16H12N4O5/c1-25-11-6-4-10(5-7-11)18-16-14(20(23)24)9-13(19(21)22)12-3-2-8-17-15(12)16/h2-9,18H,1H3. The smallest absolute Gasteiger partial charge is 0.301 e. The Morgan fingerprint density at radius 1 is 1.04 bits per heavy atom. The minimum Gasteiger partial charge on any atom is -0.497 e. The summed E-state index contributed by atoms with van der Waals surface area (Å²) in [4.78, 5) is 25.4. The van der Waals surface area contributed by atoms with Gasteiger partial charge in [0.1, 0.15) is 17.0 Å². The highest BCUT2D eigenvalue weighted by Crippen LogP contribution is 2.39. The fourth-order valence-electron chi connectivity index (χ4n) is 2.45. The number of anilines is 2. The molecule has 126 valence electrons. The van der Waals surface area contributed by atoms with Gasteiger partial charge < -0.3 is 10.1 Å². The quantitative estimate of drug-likeness (QED) is 0.554. The second kappa shape index (κ2) is 6.40. The van der Waals surface area contributed by atoms with E-state index in [1.807, 2.05) is 0 Å². The van der Waals surface area contributed by atoms with Crippen LogP contribution >= 0.6 is 0 Å². The lowest BCUT2D eigenvalue weighted by molar-refractivity contribution is -0.392. The molecule has 0 saturated carbocycles. The van der Waals surface area contributed by atoms with Gasteiger partial charge in [-0.2, -0.15) is 0 Å². The monoisotopic (exact) mass is 340 g/mol. The second-order valence-corrected chi connectivity index (χ2v) is 5.06. The maximum atomic E-state index is 11.4. The zero-order chi connectivity index (χ0) is 18.0. The van der Waals surface area contributed by atoms with Crippen LogP contribution in [-0.2, 0) is 0 Å². The topological polar surface area (TPSA) is 120 Å². The van der Waals surface area contributed by atoms with Crippen molar-refractivity contribution in [3.8, 4) is 5.75 Å². The van der Waals surface area contributed by atoms with E-state index in [0.29, 0.717) is 11.4 Å². The van der Waals surface area contributed by atoms with E-state index in [9.17, 15) is 20.2 Å². The van der Waals surface area contributed by atoms with Gasteiger partial charge in [-0.3, -0.25) is 25.2 Å². The predicted molar refractivity (Wildman–Crippen MR) is 91.3 cm³/mol. The molecule has 0 atom stereocenters. The Morgan fingerprint density at radius 3 is 2.32 bits per heavy atom. The Kier molecular flexibility index (Phi) is 4.12. The van der Waals surface area contributed by atoms with Crippen molar-refractivity contribution < 1.29 is 14.6 Å². The summed E-state index contributed by atoms with van der Waals surface area (Å²) in [6, 6.07) is 10.7. The number of aromatic nitrogens is 1. The minimum absolute atomic E-state index is 0.0939. The molecule has 9 heteroatoms. The first-order valence-corrected chi connectivity index (χ1v) is 7.13. The summed E-state index contributed by atoms with van der Waals surface area (Å²) < 4.78 is 5.07. The van der Waals surface area contributed by atoms with Crippen molar-refractivity contribution in [2.75, 3.05) is 12.4 Å². The first-order chi connectivity index (χ1) is 12.0. The van der Waals surface area contributed by atoms with Crippen molar-refractivity contribution in [1.29, 1.82) is 0 Å². The van der Waals surface area contributed by atoms with E-state index < -0.39 is 15.5 Å². The highest BCUT2D eigenvalue weighted by Gasteiger charge is 2.26. The average molecular weight is 340 g/mol. The van der Waals surface area contributed by atoms with Crippen molar-refractivity contribution in [1.82, 2.24) is 4.98 Å². The summed E-state index contributed by atoms with van der Waals surface area (Å²) in [5.41, 5.74) is 0.0177. The molecule has 0 radical (unpaired) electrons. The summed E-state index contributed by atoms with van der Waals surface area (Å²) >= 11 is 0. The molecule has 0 aliphatic rings. The van der Waals surface area contributed by atoms with Crippen LogP contribution in [0.4, 0.5) is 22.7 Å². The summed E-state index contributed by atoms with van der Waals surface area (Å²) in [6.45, 7) is 0. The van der Waals surface area contributed by atoms with Crippen LogP contribution in [-0.4, -0.2) is 21.9 Å². The molecule has 0 aliphatic carbocycles. The number of pyridine rings is 1. The van der Waals surface area contributed by atoms with Crippen molar-refractivity contribution in [2.45, 2.75) is 0 Å². The van der Waals surface area contributed by atoms with E-state index in [1.54, 1.807) is 30.3 Å². The predicted octanol–water partition coefficient (Wildman–Crippen LogP) is 3.80. The highest BCUT2D eigenvalue weighted by molar-refractivity contribution is 6.02. The van der Waals surface area contributed by atoms with Crippen molar-refractivity contribution in [2.24, 2.45) is 0 Å². The Bertz CT molecular complexity index is 972. The SMILES string of the molecule is COc1ccc(Nc2c([N+](=O)[O-])cc([N+](=O)[O-])c3cccnc23)cc1. The third-order valence-electron chi connectivity index (χ3n) is 3.60. The van der Waals surface area contributed by atoms with E-state index in [1.165, 1.54) is 19.4 Å². The van der Waals surface area contributed by atoms with Crippen LogP contribution in [0.5, 0.6) is 5.75 Å². The average Bonchev–Trinajstić information content (AvgIpc) is 2.62. The largest absolute Gasteiger partial charge is 0.497 e. The van der Waals surface area contributed by atoms with Crippen LogP contribution in [0.15, 0.2) is 48.7 Å². The highest BCUT2D eigenvalue weighted by atomic mass is 16.6. The van der Waals surface area contributed by atoms with Gasteiger partial charge in [-0.15, -0.1) is 0 Å². The van der Waals surface area contributed by atoms with Gasteiger partial charge in [0.05, 0.1) is 28.4 Å². The molecule has 0 unspecified atom stereocenters. The van der Waals surface area contributed by atoms with Gasteiger partial charge >= 0.3 is 5.69 Å². The summed E-state index contributed by atoms with van der Waals surface area (Å²) in [5.74, 6) is 0.631. The number of nitro groups is 2. The third-order valence-corrected chi connectivity index (χ3v) is 3.60. The van der Waals surface area contributed by atoms with E-state index in [-0.39, 0.29) is 22.3 Å². The summed E-state index contributed by atoms with van der Waals surface area (Å²) in [7, 11) is 1.53. The normalized spacial score (nSPS) is 10.4. The number of nitro benzene ring substituents is 2. The maximum absolute atomic E-state index is 11.4. The van der Waals surface area contributed by atoms with Gasteiger partial charge in [0.25, 0.3) is 5.69 Å². The fourth-order valence-corrected chi connectivity index (χ4v) is 2.45. The second-order valence-electron chi connectivity index (χ2n) is 5.06. The number of benzene rings is 2. The van der Waals surface area contributed by atoms with Gasteiger partial charge in [-0.05, 0) is 36.4 Å². The van der Waals surface area contributed by atoms with Crippen LogP contribution in [0.25, 0.3) is 10.9 Å². The van der Waals surface area contributed by atoms with Gasteiger partial charge in [0, 0.05) is 11.9 Å². The lowest BCUT2D eigenvalue weighted by Gasteiger charge is -2.10. The molecule has 1 heterocycles. The fraction of sp³-hybridized carbons (Fsp3) is 0.0625. The number of rotatable bonds is 5. The Labute approximate surface area is 141 Å². The molecule has 0 amide bonds. The molecular weight excluding hydrogens is 328 g/mol. The van der Waals surface area contributed by atoms with Crippen molar-refractivity contribution in [3.05, 3.63) is 68.9 Å². The number of ether oxygens (including phenoxy) is 1. The number of hydrogen-bond donors (Lipinski definition) is 1. The molecule has 25 heavy (non-hydrogen) atoms. The van der Waals surface area contributed by atoms with Crippen LogP contribution in [0, 0.1) is 20.2 Å². The number of hydrogen-bond acceptors (Lipinski definition) is 7. The molecular formula is C16H12N4O5. The molecule has 0 saturated heterocycles. The molecule has 0 spiro atoms. The molecule has 9 nitrogen and oxygen atoms in total. The van der Waals surface area contributed by atoms with Gasteiger partial charge in [0.2, 0.25) is 0 Å². The van der Waals surface area contributed by atoms with Crippen molar-refractivity contribution in [3.63, 3.8) is 0 Å². The molecule has 1 aromatic heterocycles. The molecule has 3 aromatic rings. The molecule has 1 N–H and O–H groups in total. The Hall–Kier alpha value is -3.75. The number of nitrogens with zero attached hydrogens (tertiary/aromatic N) is 3.